The summed E-state index contributed by atoms with van der Waals surface area (Å²) in [7, 11) is 0. The zero-order chi connectivity index (χ0) is 26.3. The Hall–Kier alpha value is -3.12. The minimum atomic E-state index is -0.930. The van der Waals surface area contributed by atoms with Crippen LogP contribution in [0.15, 0.2) is 30.6 Å². The normalized spacial score (nSPS) is 11.7. The standard InChI is InChI=1S/C24H33ClN8O3/c1-24(2,23(34)31-28-12-6-5-11-27)21-15-32-14-19(16-8-9-17(25)20(13-16)33(35)36)29-18(22(32)30-21)7-3-4-10-26/h8-9,13-15,28H,3-7,10-12,26-27H2,1-2H3,(H,31,34). The molecule has 0 aliphatic carbocycles. The molecule has 3 rings (SSSR count). The summed E-state index contributed by atoms with van der Waals surface area (Å²) >= 11 is 6.00. The lowest BCUT2D eigenvalue weighted by Crippen LogP contribution is -2.47. The minimum Gasteiger partial charge on any atom is -0.330 e. The van der Waals surface area contributed by atoms with E-state index in [1.165, 1.54) is 12.1 Å². The Labute approximate surface area is 214 Å². The van der Waals surface area contributed by atoms with Crippen LogP contribution >= 0.6 is 11.6 Å². The van der Waals surface area contributed by atoms with Gasteiger partial charge in [0.2, 0.25) is 5.91 Å². The van der Waals surface area contributed by atoms with Crippen molar-refractivity contribution in [2.24, 2.45) is 11.5 Å². The number of rotatable bonds is 13. The van der Waals surface area contributed by atoms with Gasteiger partial charge in [-0.2, -0.15) is 0 Å². The Balaban J connectivity index is 1.98. The van der Waals surface area contributed by atoms with Gasteiger partial charge in [0.25, 0.3) is 5.69 Å². The highest BCUT2D eigenvalue weighted by Crippen LogP contribution is 2.31. The van der Waals surface area contributed by atoms with Crippen LogP contribution in [0.4, 0.5) is 5.69 Å². The molecule has 36 heavy (non-hydrogen) atoms. The molecule has 3 aromatic rings. The molecule has 0 radical (unpaired) electrons. The summed E-state index contributed by atoms with van der Waals surface area (Å²) in [6.07, 6.45) is 7.53. The summed E-state index contributed by atoms with van der Waals surface area (Å²) in [5.41, 5.74) is 18.8. The third-order valence-electron chi connectivity index (χ3n) is 5.98. The number of aryl methyl sites for hydroxylation is 1. The van der Waals surface area contributed by atoms with Crippen molar-refractivity contribution in [3.8, 4) is 11.3 Å². The molecule has 1 aromatic carbocycles. The van der Waals surface area contributed by atoms with Gasteiger partial charge < -0.3 is 15.9 Å². The first-order valence-corrected chi connectivity index (χ1v) is 12.3. The Morgan fingerprint density at radius 3 is 2.56 bits per heavy atom. The first-order valence-electron chi connectivity index (χ1n) is 12.0. The summed E-state index contributed by atoms with van der Waals surface area (Å²) in [6.45, 7) is 5.39. The molecule has 194 valence electrons. The van der Waals surface area contributed by atoms with E-state index >= 15 is 0 Å². The molecule has 0 saturated heterocycles. The Morgan fingerprint density at radius 2 is 1.86 bits per heavy atom. The number of unbranched alkanes of at least 4 members (excludes halogenated alkanes) is 2. The average Bonchev–Trinajstić information content (AvgIpc) is 3.29. The molecule has 0 fully saturated rings. The number of nitrogens with zero attached hydrogens (tertiary/aromatic N) is 4. The van der Waals surface area contributed by atoms with Crippen LogP contribution in [0.2, 0.25) is 5.02 Å². The van der Waals surface area contributed by atoms with Crippen LogP contribution in [0.3, 0.4) is 0 Å². The first kappa shape index (κ1) is 27.5. The lowest BCUT2D eigenvalue weighted by molar-refractivity contribution is -0.384. The van der Waals surface area contributed by atoms with Crippen molar-refractivity contribution in [2.45, 2.75) is 51.4 Å². The number of nitrogens with one attached hydrogen (secondary N) is 2. The second-order valence-electron chi connectivity index (χ2n) is 9.10. The highest BCUT2D eigenvalue weighted by atomic mass is 35.5. The number of benzene rings is 1. The van der Waals surface area contributed by atoms with Gasteiger partial charge in [-0.1, -0.05) is 17.7 Å². The van der Waals surface area contributed by atoms with Gasteiger partial charge in [0.05, 0.1) is 27.4 Å². The molecule has 0 saturated carbocycles. The van der Waals surface area contributed by atoms with Crippen LogP contribution in [0.1, 0.15) is 50.9 Å². The quantitative estimate of drug-likeness (QED) is 0.153. The molecule has 11 nitrogen and oxygen atoms in total. The molecular formula is C24H33ClN8O3. The van der Waals surface area contributed by atoms with E-state index in [2.05, 4.69) is 10.9 Å². The molecule has 2 aromatic heterocycles. The van der Waals surface area contributed by atoms with E-state index in [9.17, 15) is 14.9 Å². The van der Waals surface area contributed by atoms with E-state index < -0.39 is 10.3 Å². The fourth-order valence-corrected chi connectivity index (χ4v) is 3.88. The van der Waals surface area contributed by atoms with Gasteiger partial charge in [0.1, 0.15) is 5.02 Å². The van der Waals surface area contributed by atoms with Gasteiger partial charge in [0, 0.05) is 30.6 Å². The van der Waals surface area contributed by atoms with Crippen LogP contribution < -0.4 is 22.3 Å². The maximum Gasteiger partial charge on any atom is 0.288 e. The molecular weight excluding hydrogens is 484 g/mol. The number of nitro benzene ring substituents is 1. The predicted octanol–water partition coefficient (Wildman–Crippen LogP) is 2.88. The molecule has 0 atom stereocenters. The van der Waals surface area contributed by atoms with Crippen molar-refractivity contribution in [1.82, 2.24) is 25.2 Å². The van der Waals surface area contributed by atoms with E-state index in [1.54, 1.807) is 32.3 Å². The average molecular weight is 517 g/mol. The zero-order valence-electron chi connectivity index (χ0n) is 20.6. The van der Waals surface area contributed by atoms with Gasteiger partial charge in [-0.15, -0.1) is 0 Å². The molecule has 0 aliphatic rings. The first-order chi connectivity index (χ1) is 17.2. The number of halogens is 1. The van der Waals surface area contributed by atoms with Crippen LogP contribution in [0, 0.1) is 10.1 Å². The number of carbonyl (C=O) groups is 1. The van der Waals surface area contributed by atoms with Crippen molar-refractivity contribution >= 4 is 28.8 Å². The smallest absolute Gasteiger partial charge is 0.288 e. The SMILES string of the molecule is CC(C)(C(=O)NNCCCCN)c1cn2cc(-c3ccc(Cl)c([N+](=O)[O-])c3)nc(CCCCN)c2n1. The third kappa shape index (κ3) is 6.35. The fraction of sp³-hybridized carbons (Fsp3) is 0.458. The fourth-order valence-electron chi connectivity index (χ4n) is 3.69. The van der Waals surface area contributed by atoms with Crippen molar-refractivity contribution < 1.29 is 9.72 Å². The monoisotopic (exact) mass is 516 g/mol. The summed E-state index contributed by atoms with van der Waals surface area (Å²) in [5.74, 6) is -0.218. The van der Waals surface area contributed by atoms with Crippen LogP contribution in [0.25, 0.3) is 16.9 Å². The second-order valence-corrected chi connectivity index (χ2v) is 9.51. The van der Waals surface area contributed by atoms with Crippen molar-refractivity contribution in [3.05, 3.63) is 57.1 Å². The number of hydrogen-bond donors (Lipinski definition) is 4. The number of aromatic nitrogens is 3. The molecule has 0 unspecified atom stereocenters. The van der Waals surface area contributed by atoms with Crippen LogP contribution in [-0.2, 0) is 16.6 Å². The van der Waals surface area contributed by atoms with E-state index in [0.717, 1.165) is 31.4 Å². The number of fused-ring (bicyclic) bond motifs is 1. The van der Waals surface area contributed by atoms with Gasteiger partial charge in [-0.05, 0) is 65.1 Å². The summed E-state index contributed by atoms with van der Waals surface area (Å²) in [5, 5.41) is 11.4. The lowest BCUT2D eigenvalue weighted by atomic mass is 9.89. The van der Waals surface area contributed by atoms with Crippen LogP contribution in [-0.4, -0.2) is 44.8 Å². The predicted molar refractivity (Wildman–Crippen MR) is 140 cm³/mol. The number of amides is 1. The maximum absolute atomic E-state index is 12.9. The highest BCUT2D eigenvalue weighted by molar-refractivity contribution is 6.32. The number of nitrogens with two attached hydrogens (primary N) is 2. The second kappa shape index (κ2) is 12.2. The number of hydrogen-bond acceptors (Lipinski definition) is 8. The van der Waals surface area contributed by atoms with E-state index in [-0.39, 0.29) is 16.6 Å². The highest BCUT2D eigenvalue weighted by Gasteiger charge is 2.33. The molecule has 0 aliphatic heterocycles. The van der Waals surface area contributed by atoms with Crippen molar-refractivity contribution in [1.29, 1.82) is 0 Å². The number of carbonyl (C=O) groups excluding carboxylic acids is 1. The van der Waals surface area contributed by atoms with E-state index in [1.807, 2.05) is 4.40 Å². The molecule has 2 heterocycles. The van der Waals surface area contributed by atoms with E-state index in [4.69, 9.17) is 33.0 Å². The van der Waals surface area contributed by atoms with Gasteiger partial charge >= 0.3 is 0 Å². The summed E-state index contributed by atoms with van der Waals surface area (Å²) in [4.78, 5) is 33.4. The van der Waals surface area contributed by atoms with Crippen molar-refractivity contribution in [2.75, 3.05) is 19.6 Å². The van der Waals surface area contributed by atoms with Gasteiger partial charge in [-0.3, -0.25) is 20.3 Å². The molecule has 0 bridgehead atoms. The lowest BCUT2D eigenvalue weighted by Gasteiger charge is -2.21. The van der Waals surface area contributed by atoms with Gasteiger partial charge in [0.15, 0.2) is 5.65 Å². The van der Waals surface area contributed by atoms with Crippen molar-refractivity contribution in [3.63, 3.8) is 0 Å². The topological polar surface area (TPSA) is 166 Å². The number of imidazole rings is 1. The van der Waals surface area contributed by atoms with Gasteiger partial charge in [-0.25, -0.2) is 15.4 Å². The maximum atomic E-state index is 12.9. The van der Waals surface area contributed by atoms with Crippen LogP contribution in [0.5, 0.6) is 0 Å². The molecule has 0 spiro atoms. The number of nitro groups is 1. The largest absolute Gasteiger partial charge is 0.330 e. The Bertz CT molecular complexity index is 1230. The van der Waals surface area contributed by atoms with E-state index in [0.29, 0.717) is 48.7 Å². The number of hydrazine groups is 1. The summed E-state index contributed by atoms with van der Waals surface area (Å²) < 4.78 is 1.82. The Kier molecular flexibility index (Phi) is 9.32. The zero-order valence-corrected chi connectivity index (χ0v) is 21.3. The molecule has 12 heteroatoms. The Morgan fingerprint density at radius 1 is 1.14 bits per heavy atom. The summed E-state index contributed by atoms with van der Waals surface area (Å²) in [6, 6.07) is 4.59. The molecule has 1 amide bonds. The minimum absolute atomic E-state index is 0.0577. The third-order valence-corrected chi connectivity index (χ3v) is 6.30. The molecule has 6 N–H and O–H groups in total.